The van der Waals surface area contributed by atoms with Gasteiger partial charge < -0.3 is 4.98 Å². The van der Waals surface area contributed by atoms with Crippen LogP contribution in [0.25, 0.3) is 5.82 Å². The topological polar surface area (TPSA) is 100 Å². The Morgan fingerprint density at radius 3 is 3.00 bits per heavy atom. The monoisotopic (exact) mass is 188 g/mol. The molecule has 68 valence electrons. The highest BCUT2D eigenvalue weighted by molar-refractivity contribution is 5.17. The van der Waals surface area contributed by atoms with Crippen molar-refractivity contribution in [1.82, 2.24) is 24.7 Å². The van der Waals surface area contributed by atoms with Crippen molar-refractivity contribution in [3.8, 4) is 11.9 Å². The van der Waals surface area contributed by atoms with Gasteiger partial charge in [0.2, 0.25) is 5.82 Å². The third kappa shape index (κ3) is 1.25. The van der Waals surface area contributed by atoms with Crippen LogP contribution in [-0.4, -0.2) is 24.7 Å². The van der Waals surface area contributed by atoms with Gasteiger partial charge in [-0.2, -0.15) is 9.94 Å². The van der Waals surface area contributed by atoms with Gasteiger partial charge in [-0.15, -0.1) is 5.10 Å². The Morgan fingerprint density at radius 2 is 2.36 bits per heavy atom. The third-order valence-corrected chi connectivity index (χ3v) is 1.50. The minimum Gasteiger partial charge on any atom is -0.324 e. The second-order valence-corrected chi connectivity index (χ2v) is 2.37. The molecule has 7 heteroatoms. The van der Waals surface area contributed by atoms with Crippen LogP contribution in [0, 0.1) is 11.3 Å². The Labute approximate surface area is 77.7 Å². The van der Waals surface area contributed by atoms with Gasteiger partial charge >= 0.3 is 0 Å². The number of nitrogens with one attached hydrogen (secondary N) is 1. The normalized spacial score (nSPS) is 9.64. The summed E-state index contributed by atoms with van der Waals surface area (Å²) in [5.74, 6) is 0.0801. The number of hydrogen-bond donors (Lipinski definition) is 1. The lowest BCUT2D eigenvalue weighted by atomic mass is 10.6. The summed E-state index contributed by atoms with van der Waals surface area (Å²) < 4.78 is 1.15. The van der Waals surface area contributed by atoms with Crippen LogP contribution < -0.4 is 5.56 Å². The van der Waals surface area contributed by atoms with E-state index >= 15 is 0 Å². The van der Waals surface area contributed by atoms with E-state index in [2.05, 4.69) is 20.1 Å². The molecule has 0 aliphatic carbocycles. The van der Waals surface area contributed by atoms with Gasteiger partial charge in [0.15, 0.2) is 0 Å². The predicted molar refractivity (Wildman–Crippen MR) is 44.5 cm³/mol. The van der Waals surface area contributed by atoms with E-state index in [0.29, 0.717) is 0 Å². The quantitative estimate of drug-likeness (QED) is 0.632. The van der Waals surface area contributed by atoms with Crippen LogP contribution in [0.15, 0.2) is 23.5 Å². The number of nitrogens with zero attached hydrogens (tertiary/aromatic N) is 5. The molecule has 0 radical (unpaired) electrons. The Kier molecular flexibility index (Phi) is 1.80. The minimum atomic E-state index is -0.387. The van der Waals surface area contributed by atoms with Crippen molar-refractivity contribution in [1.29, 1.82) is 5.26 Å². The first-order valence-electron chi connectivity index (χ1n) is 3.67. The number of H-pyrrole nitrogens is 1. The fourth-order valence-electron chi connectivity index (χ4n) is 0.924. The fourth-order valence-corrected chi connectivity index (χ4v) is 0.924. The zero-order valence-corrected chi connectivity index (χ0v) is 6.88. The van der Waals surface area contributed by atoms with Gasteiger partial charge in [-0.05, 0) is 0 Å². The SMILES string of the molecule is N#Cc1ncn(-c2ncc[nH]c2=O)n1. The van der Waals surface area contributed by atoms with E-state index in [0.717, 1.165) is 4.68 Å². The predicted octanol–water partition coefficient (Wildman–Crippen LogP) is -0.778. The van der Waals surface area contributed by atoms with E-state index < -0.39 is 0 Å². The lowest BCUT2D eigenvalue weighted by Crippen LogP contribution is -2.16. The zero-order chi connectivity index (χ0) is 9.97. The molecule has 1 N–H and O–H groups in total. The molecule has 0 aliphatic rings. The first-order valence-corrected chi connectivity index (χ1v) is 3.67. The van der Waals surface area contributed by atoms with Crippen LogP contribution >= 0.6 is 0 Å². The Hall–Kier alpha value is -2.49. The molecule has 14 heavy (non-hydrogen) atoms. The maximum Gasteiger partial charge on any atom is 0.293 e. The smallest absolute Gasteiger partial charge is 0.293 e. The number of hydrogen-bond acceptors (Lipinski definition) is 5. The van der Waals surface area contributed by atoms with Crippen LogP contribution in [0.2, 0.25) is 0 Å². The summed E-state index contributed by atoms with van der Waals surface area (Å²) in [6.07, 6.45) is 4.09. The van der Waals surface area contributed by atoms with E-state index in [9.17, 15) is 4.79 Å². The van der Waals surface area contributed by atoms with E-state index in [-0.39, 0.29) is 17.2 Å². The summed E-state index contributed by atoms with van der Waals surface area (Å²) in [4.78, 5) is 21.1. The minimum absolute atomic E-state index is 0.00458. The molecule has 0 aromatic carbocycles. The van der Waals surface area contributed by atoms with Gasteiger partial charge in [0.05, 0.1) is 0 Å². The highest BCUT2D eigenvalue weighted by Crippen LogP contribution is 1.93. The van der Waals surface area contributed by atoms with Crippen molar-refractivity contribution < 1.29 is 0 Å². The van der Waals surface area contributed by atoms with Crippen molar-refractivity contribution in [3.63, 3.8) is 0 Å². The van der Waals surface area contributed by atoms with Crippen molar-refractivity contribution in [3.05, 3.63) is 34.9 Å². The van der Waals surface area contributed by atoms with Gasteiger partial charge in [0.25, 0.3) is 11.4 Å². The molecule has 0 amide bonds. The fraction of sp³-hybridized carbons (Fsp3) is 0. The van der Waals surface area contributed by atoms with Gasteiger partial charge in [-0.3, -0.25) is 4.79 Å². The summed E-state index contributed by atoms with van der Waals surface area (Å²) in [6.45, 7) is 0. The summed E-state index contributed by atoms with van der Waals surface area (Å²) in [5.41, 5.74) is -0.387. The number of aromatic nitrogens is 5. The van der Waals surface area contributed by atoms with Gasteiger partial charge in [0, 0.05) is 12.4 Å². The Balaban J connectivity index is 2.56. The van der Waals surface area contributed by atoms with Gasteiger partial charge in [-0.25, -0.2) is 9.97 Å². The summed E-state index contributed by atoms with van der Waals surface area (Å²) >= 11 is 0. The van der Waals surface area contributed by atoms with E-state index in [1.54, 1.807) is 6.07 Å². The van der Waals surface area contributed by atoms with Crippen LogP contribution in [0.1, 0.15) is 5.82 Å². The molecular weight excluding hydrogens is 184 g/mol. The van der Waals surface area contributed by atoms with Crippen molar-refractivity contribution in [2.45, 2.75) is 0 Å². The molecular formula is C7H4N6O. The summed E-state index contributed by atoms with van der Waals surface area (Å²) in [7, 11) is 0. The lowest BCUT2D eigenvalue weighted by Gasteiger charge is -1.94. The third-order valence-electron chi connectivity index (χ3n) is 1.50. The molecule has 0 saturated carbocycles. The molecule has 0 unspecified atom stereocenters. The maximum absolute atomic E-state index is 11.2. The van der Waals surface area contributed by atoms with Gasteiger partial charge in [0.1, 0.15) is 12.4 Å². The Morgan fingerprint density at radius 1 is 1.50 bits per heavy atom. The maximum atomic E-state index is 11.2. The van der Waals surface area contributed by atoms with Crippen molar-refractivity contribution in [2.75, 3.05) is 0 Å². The first kappa shape index (κ1) is 8.12. The van der Waals surface area contributed by atoms with Crippen LogP contribution in [0.3, 0.4) is 0 Å². The molecule has 0 atom stereocenters. The first-order chi connectivity index (χ1) is 6.81. The summed E-state index contributed by atoms with van der Waals surface area (Å²) in [5, 5.41) is 12.2. The average Bonchev–Trinajstić information content (AvgIpc) is 2.67. The molecule has 0 saturated heterocycles. The largest absolute Gasteiger partial charge is 0.324 e. The number of nitriles is 1. The van der Waals surface area contributed by atoms with Crippen LogP contribution in [0.4, 0.5) is 0 Å². The molecule has 0 bridgehead atoms. The Bertz CT molecular complexity index is 548. The molecule has 2 aromatic rings. The molecule has 2 aromatic heterocycles. The molecule has 0 spiro atoms. The highest BCUT2D eigenvalue weighted by Gasteiger charge is 2.05. The zero-order valence-electron chi connectivity index (χ0n) is 6.88. The standard InChI is InChI=1S/C7H4N6O/c8-3-5-11-4-13(12-5)6-7(14)10-2-1-9-6/h1-2,4H,(H,10,14). The van der Waals surface area contributed by atoms with Crippen LogP contribution in [0.5, 0.6) is 0 Å². The molecule has 2 rings (SSSR count). The number of rotatable bonds is 1. The molecule has 7 nitrogen and oxygen atoms in total. The molecule has 2 heterocycles. The average molecular weight is 188 g/mol. The lowest BCUT2D eigenvalue weighted by molar-refractivity contribution is 0.819. The second kappa shape index (κ2) is 3.10. The van der Waals surface area contributed by atoms with E-state index in [4.69, 9.17) is 5.26 Å². The highest BCUT2D eigenvalue weighted by atomic mass is 16.1. The molecule has 0 aliphatic heterocycles. The van der Waals surface area contributed by atoms with E-state index in [1.807, 2.05) is 0 Å². The van der Waals surface area contributed by atoms with Crippen molar-refractivity contribution in [2.24, 2.45) is 0 Å². The summed E-state index contributed by atoms with van der Waals surface area (Å²) in [6, 6.07) is 1.75. The molecule has 0 fully saturated rings. The van der Waals surface area contributed by atoms with Crippen LogP contribution in [-0.2, 0) is 0 Å². The number of aromatic amines is 1. The van der Waals surface area contributed by atoms with Gasteiger partial charge in [-0.1, -0.05) is 0 Å². The van der Waals surface area contributed by atoms with E-state index in [1.165, 1.54) is 18.7 Å². The second-order valence-electron chi connectivity index (χ2n) is 2.37. The van der Waals surface area contributed by atoms with Crippen molar-refractivity contribution >= 4 is 0 Å².